The Bertz CT molecular complexity index is 572. The average molecular weight is 288 g/mol. The Morgan fingerprint density at radius 2 is 2.11 bits per heavy atom. The first-order valence-corrected chi connectivity index (χ1v) is 7.48. The van der Waals surface area contributed by atoms with Crippen molar-refractivity contribution < 1.29 is 17.6 Å². The van der Waals surface area contributed by atoms with Crippen LogP contribution >= 0.6 is 0 Å². The minimum Gasteiger partial charge on any atom is -0.398 e. The van der Waals surface area contributed by atoms with Crippen LogP contribution in [0, 0.1) is 5.82 Å². The molecule has 1 aromatic carbocycles. The van der Waals surface area contributed by atoms with E-state index in [-0.39, 0.29) is 16.6 Å². The lowest BCUT2D eigenvalue weighted by Crippen LogP contribution is -2.36. The molecule has 1 rings (SSSR count). The summed E-state index contributed by atoms with van der Waals surface area (Å²) in [7, 11) is -3.94. The summed E-state index contributed by atoms with van der Waals surface area (Å²) in [6.07, 6.45) is 0.688. The van der Waals surface area contributed by atoms with Gasteiger partial charge in [0.05, 0.1) is 10.6 Å². The number of benzene rings is 1. The predicted octanol–water partition coefficient (Wildman–Crippen LogP) is 1.10. The van der Waals surface area contributed by atoms with Gasteiger partial charge in [0, 0.05) is 6.04 Å². The number of nitrogen functional groups attached to an aromatic ring is 1. The lowest BCUT2D eigenvalue weighted by Gasteiger charge is -2.12. The lowest BCUT2D eigenvalue weighted by atomic mass is 10.3. The van der Waals surface area contributed by atoms with Crippen molar-refractivity contribution in [1.82, 2.24) is 5.32 Å². The summed E-state index contributed by atoms with van der Waals surface area (Å²) in [5.41, 5.74) is 5.43. The van der Waals surface area contributed by atoms with Gasteiger partial charge in [0.2, 0.25) is 5.91 Å². The molecular weight excluding hydrogens is 271 g/mol. The van der Waals surface area contributed by atoms with Crippen LogP contribution in [0.5, 0.6) is 0 Å². The van der Waals surface area contributed by atoms with Gasteiger partial charge in [0.15, 0.2) is 9.84 Å². The topological polar surface area (TPSA) is 89.3 Å². The molecule has 0 fully saturated rings. The van der Waals surface area contributed by atoms with Crippen molar-refractivity contribution >= 4 is 21.4 Å². The Hall–Kier alpha value is -1.63. The summed E-state index contributed by atoms with van der Waals surface area (Å²) in [6.45, 7) is 3.63. The van der Waals surface area contributed by atoms with Gasteiger partial charge in [-0.05, 0) is 31.5 Å². The minimum atomic E-state index is -3.94. The molecule has 0 saturated carbocycles. The summed E-state index contributed by atoms with van der Waals surface area (Å²) in [4.78, 5) is 11.2. The molecule has 0 aromatic heterocycles. The van der Waals surface area contributed by atoms with Gasteiger partial charge in [0.25, 0.3) is 0 Å². The quantitative estimate of drug-likeness (QED) is 0.794. The zero-order valence-electron chi connectivity index (χ0n) is 10.8. The number of amides is 1. The molecule has 0 aliphatic rings. The molecule has 3 N–H and O–H groups in total. The maximum atomic E-state index is 13.1. The highest BCUT2D eigenvalue weighted by Gasteiger charge is 2.23. The number of halogens is 1. The van der Waals surface area contributed by atoms with E-state index in [1.165, 1.54) is 0 Å². The first-order chi connectivity index (χ1) is 8.76. The number of anilines is 1. The van der Waals surface area contributed by atoms with Crippen molar-refractivity contribution in [2.45, 2.75) is 31.2 Å². The third-order valence-corrected chi connectivity index (χ3v) is 4.32. The molecule has 1 unspecified atom stereocenters. The van der Waals surface area contributed by atoms with E-state index in [4.69, 9.17) is 5.73 Å². The van der Waals surface area contributed by atoms with E-state index >= 15 is 0 Å². The van der Waals surface area contributed by atoms with E-state index in [1.54, 1.807) is 6.92 Å². The van der Waals surface area contributed by atoms with E-state index in [9.17, 15) is 17.6 Å². The molecule has 1 aromatic rings. The Labute approximate surface area is 111 Å². The van der Waals surface area contributed by atoms with E-state index < -0.39 is 27.3 Å². The van der Waals surface area contributed by atoms with E-state index in [2.05, 4.69) is 5.32 Å². The Morgan fingerprint density at radius 1 is 1.47 bits per heavy atom. The molecule has 0 heterocycles. The summed E-state index contributed by atoms with van der Waals surface area (Å²) in [5.74, 6) is -2.08. The maximum absolute atomic E-state index is 13.1. The SMILES string of the molecule is CCC(C)NC(=O)CS(=O)(=O)c1cc(F)ccc1N. The van der Waals surface area contributed by atoms with E-state index in [0.29, 0.717) is 6.42 Å². The van der Waals surface area contributed by atoms with E-state index in [1.807, 2.05) is 6.92 Å². The van der Waals surface area contributed by atoms with Gasteiger partial charge in [-0.2, -0.15) is 0 Å². The van der Waals surface area contributed by atoms with Gasteiger partial charge in [-0.25, -0.2) is 12.8 Å². The maximum Gasteiger partial charge on any atom is 0.235 e. The molecule has 106 valence electrons. The number of hydrogen-bond acceptors (Lipinski definition) is 4. The number of nitrogens with one attached hydrogen (secondary N) is 1. The van der Waals surface area contributed by atoms with Gasteiger partial charge in [0.1, 0.15) is 11.6 Å². The normalized spacial score (nSPS) is 13.0. The van der Waals surface area contributed by atoms with Crippen molar-refractivity contribution in [3.63, 3.8) is 0 Å². The largest absolute Gasteiger partial charge is 0.398 e. The van der Waals surface area contributed by atoms with Crippen LogP contribution in [0.25, 0.3) is 0 Å². The molecule has 0 radical (unpaired) electrons. The minimum absolute atomic E-state index is 0.0715. The van der Waals surface area contributed by atoms with Crippen molar-refractivity contribution in [3.8, 4) is 0 Å². The summed E-state index contributed by atoms with van der Waals surface area (Å²) < 4.78 is 37.0. The van der Waals surface area contributed by atoms with Crippen LogP contribution in [-0.4, -0.2) is 26.1 Å². The lowest BCUT2D eigenvalue weighted by molar-refractivity contribution is -0.119. The summed E-state index contributed by atoms with van der Waals surface area (Å²) in [6, 6.07) is 2.93. The second-order valence-electron chi connectivity index (χ2n) is 4.32. The van der Waals surface area contributed by atoms with Gasteiger partial charge >= 0.3 is 0 Å². The van der Waals surface area contributed by atoms with Crippen molar-refractivity contribution in [1.29, 1.82) is 0 Å². The third kappa shape index (κ3) is 4.20. The molecule has 0 bridgehead atoms. The molecule has 19 heavy (non-hydrogen) atoms. The fourth-order valence-electron chi connectivity index (χ4n) is 1.45. The smallest absolute Gasteiger partial charge is 0.235 e. The predicted molar refractivity (Wildman–Crippen MR) is 70.8 cm³/mol. The van der Waals surface area contributed by atoms with Gasteiger partial charge < -0.3 is 11.1 Å². The number of rotatable bonds is 5. The average Bonchev–Trinajstić information content (AvgIpc) is 2.31. The Morgan fingerprint density at radius 3 is 2.68 bits per heavy atom. The van der Waals surface area contributed by atoms with E-state index in [0.717, 1.165) is 18.2 Å². The molecule has 0 saturated heterocycles. The number of hydrogen-bond donors (Lipinski definition) is 2. The zero-order valence-corrected chi connectivity index (χ0v) is 11.6. The molecule has 7 heteroatoms. The van der Waals surface area contributed by atoms with Gasteiger partial charge in [-0.15, -0.1) is 0 Å². The standard InChI is InChI=1S/C12H17FN2O3S/c1-3-8(2)15-12(16)7-19(17,18)11-6-9(13)4-5-10(11)14/h4-6,8H,3,7,14H2,1-2H3,(H,15,16). The number of carbonyl (C=O) groups excluding carboxylic acids is 1. The monoisotopic (exact) mass is 288 g/mol. The molecule has 1 amide bonds. The molecular formula is C12H17FN2O3S. The second kappa shape index (κ2) is 6.01. The van der Waals surface area contributed by atoms with Crippen LogP contribution in [0.4, 0.5) is 10.1 Å². The Kier molecular flexibility index (Phi) is 4.88. The molecule has 0 aliphatic carbocycles. The van der Waals surface area contributed by atoms with Crippen molar-refractivity contribution in [2.24, 2.45) is 0 Å². The molecule has 0 aliphatic heterocycles. The third-order valence-electron chi connectivity index (χ3n) is 2.65. The number of carbonyl (C=O) groups is 1. The highest BCUT2D eigenvalue weighted by molar-refractivity contribution is 7.92. The van der Waals surface area contributed by atoms with Crippen LogP contribution in [0.2, 0.25) is 0 Å². The molecule has 0 spiro atoms. The highest BCUT2D eigenvalue weighted by Crippen LogP contribution is 2.20. The number of sulfone groups is 1. The van der Waals surface area contributed by atoms with Crippen LogP contribution in [-0.2, 0) is 14.6 Å². The van der Waals surface area contributed by atoms with Crippen LogP contribution in [0.3, 0.4) is 0 Å². The zero-order chi connectivity index (χ0) is 14.6. The molecule has 1 atom stereocenters. The summed E-state index contributed by atoms with van der Waals surface area (Å²) >= 11 is 0. The molecule has 5 nitrogen and oxygen atoms in total. The summed E-state index contributed by atoms with van der Waals surface area (Å²) in [5, 5.41) is 2.54. The first kappa shape index (κ1) is 15.4. The van der Waals surface area contributed by atoms with Crippen LogP contribution in [0.1, 0.15) is 20.3 Å². The van der Waals surface area contributed by atoms with Crippen molar-refractivity contribution in [2.75, 3.05) is 11.5 Å². The fourth-order valence-corrected chi connectivity index (χ4v) is 2.75. The Balaban J connectivity index is 2.93. The fraction of sp³-hybridized carbons (Fsp3) is 0.417. The van der Waals surface area contributed by atoms with Crippen molar-refractivity contribution in [3.05, 3.63) is 24.0 Å². The highest BCUT2D eigenvalue weighted by atomic mass is 32.2. The van der Waals surface area contributed by atoms with Crippen LogP contribution < -0.4 is 11.1 Å². The van der Waals surface area contributed by atoms with Crippen LogP contribution in [0.15, 0.2) is 23.1 Å². The number of nitrogens with two attached hydrogens (primary N) is 1. The van der Waals surface area contributed by atoms with Gasteiger partial charge in [-0.3, -0.25) is 4.79 Å². The first-order valence-electron chi connectivity index (χ1n) is 5.83. The second-order valence-corrected chi connectivity index (χ2v) is 6.28. The van der Waals surface area contributed by atoms with Gasteiger partial charge in [-0.1, -0.05) is 6.92 Å².